The normalized spacial score (nSPS) is 46.1. The van der Waals surface area contributed by atoms with E-state index in [1.165, 1.54) is 0 Å². The van der Waals surface area contributed by atoms with Crippen LogP contribution in [0.4, 0.5) is 0 Å². The Hall–Kier alpha value is -0.370. The Morgan fingerprint density at radius 3 is 3.00 bits per heavy atom. The second-order valence-corrected chi connectivity index (χ2v) is 3.54. The van der Waals surface area contributed by atoms with Crippen molar-refractivity contribution < 1.29 is 4.79 Å². The number of fused-ring (bicyclic) bond motifs is 1. The summed E-state index contributed by atoms with van der Waals surface area (Å²) >= 11 is 0. The molecule has 0 radical (unpaired) electrons. The van der Waals surface area contributed by atoms with Crippen molar-refractivity contribution in [1.29, 1.82) is 0 Å². The van der Waals surface area contributed by atoms with Crippen LogP contribution in [-0.4, -0.2) is 18.9 Å². The molecule has 2 heteroatoms. The van der Waals surface area contributed by atoms with Gasteiger partial charge in [-0.1, -0.05) is 6.92 Å². The number of rotatable bonds is 0. The first-order chi connectivity index (χ1) is 4.79. The van der Waals surface area contributed by atoms with Gasteiger partial charge in [-0.2, -0.15) is 0 Å². The maximum Gasteiger partial charge on any atom is 0.136 e. The predicted octanol–water partition coefficient (Wildman–Crippen LogP) is 0.431. The minimum Gasteiger partial charge on any atom is -0.316 e. The SMILES string of the molecule is CC1C(=O)CC2CNCC21. The minimum atomic E-state index is 0.333. The van der Waals surface area contributed by atoms with Crippen LogP contribution in [0.5, 0.6) is 0 Å². The summed E-state index contributed by atoms with van der Waals surface area (Å²) in [5, 5.41) is 3.32. The number of carbonyl (C=O) groups is 1. The quantitative estimate of drug-likeness (QED) is 0.527. The molecule has 2 fully saturated rings. The molecule has 1 aliphatic carbocycles. The third-order valence-corrected chi connectivity index (χ3v) is 3.01. The molecule has 0 aromatic heterocycles. The van der Waals surface area contributed by atoms with E-state index in [0.29, 0.717) is 23.5 Å². The molecule has 3 unspecified atom stereocenters. The Morgan fingerprint density at radius 2 is 2.30 bits per heavy atom. The summed E-state index contributed by atoms with van der Waals surface area (Å²) in [7, 11) is 0. The van der Waals surface area contributed by atoms with Gasteiger partial charge < -0.3 is 5.32 Å². The first-order valence-corrected chi connectivity index (χ1v) is 4.02. The lowest BCUT2D eigenvalue weighted by Gasteiger charge is -2.09. The molecular weight excluding hydrogens is 126 g/mol. The van der Waals surface area contributed by atoms with Gasteiger partial charge >= 0.3 is 0 Å². The molecule has 2 nitrogen and oxygen atoms in total. The molecule has 1 saturated heterocycles. The van der Waals surface area contributed by atoms with Crippen molar-refractivity contribution in [2.45, 2.75) is 13.3 Å². The molecule has 1 saturated carbocycles. The standard InChI is InChI=1S/C8H13NO/c1-5-7-4-9-3-6(7)2-8(5)10/h5-7,9H,2-4H2,1H3. The van der Waals surface area contributed by atoms with Gasteiger partial charge in [-0.3, -0.25) is 4.79 Å². The molecule has 0 bridgehead atoms. The van der Waals surface area contributed by atoms with E-state index in [1.807, 2.05) is 0 Å². The molecule has 1 heterocycles. The second-order valence-electron chi connectivity index (χ2n) is 3.54. The van der Waals surface area contributed by atoms with Crippen LogP contribution in [-0.2, 0) is 4.79 Å². The zero-order valence-electron chi connectivity index (χ0n) is 6.26. The lowest BCUT2D eigenvalue weighted by molar-refractivity contribution is -0.120. The van der Waals surface area contributed by atoms with Crippen molar-refractivity contribution in [3.05, 3.63) is 0 Å². The molecule has 0 aromatic rings. The van der Waals surface area contributed by atoms with Crippen molar-refractivity contribution >= 4 is 5.78 Å². The van der Waals surface area contributed by atoms with Gasteiger partial charge in [0.2, 0.25) is 0 Å². The maximum atomic E-state index is 11.2. The van der Waals surface area contributed by atoms with Crippen molar-refractivity contribution in [1.82, 2.24) is 5.32 Å². The fourth-order valence-corrected chi connectivity index (χ4v) is 2.25. The van der Waals surface area contributed by atoms with Crippen molar-refractivity contribution in [3.63, 3.8) is 0 Å². The Labute approximate surface area is 61.0 Å². The average Bonchev–Trinajstić information content (AvgIpc) is 2.41. The Bertz CT molecular complexity index is 167. The summed E-state index contributed by atoms with van der Waals surface area (Å²) in [5.41, 5.74) is 0. The van der Waals surface area contributed by atoms with E-state index in [-0.39, 0.29) is 0 Å². The largest absolute Gasteiger partial charge is 0.316 e. The summed E-state index contributed by atoms with van der Waals surface area (Å²) in [6.45, 7) is 4.21. The van der Waals surface area contributed by atoms with Gasteiger partial charge in [0.15, 0.2) is 0 Å². The number of hydrogen-bond donors (Lipinski definition) is 1. The Morgan fingerprint density at radius 1 is 1.50 bits per heavy atom. The summed E-state index contributed by atoms with van der Waals surface area (Å²) in [6, 6.07) is 0. The number of Topliss-reactive ketones (excluding diaryl/α,β-unsaturated/α-hetero) is 1. The number of ketones is 1. The maximum absolute atomic E-state index is 11.2. The molecule has 56 valence electrons. The van der Waals surface area contributed by atoms with Crippen molar-refractivity contribution in [2.24, 2.45) is 17.8 Å². The van der Waals surface area contributed by atoms with Crippen molar-refractivity contribution in [2.75, 3.05) is 13.1 Å². The van der Waals surface area contributed by atoms with E-state index in [9.17, 15) is 4.79 Å². The highest BCUT2D eigenvalue weighted by molar-refractivity contribution is 5.83. The van der Waals surface area contributed by atoms with E-state index in [2.05, 4.69) is 12.2 Å². The highest BCUT2D eigenvalue weighted by Crippen LogP contribution is 2.36. The van der Waals surface area contributed by atoms with Crippen LogP contribution in [0, 0.1) is 17.8 Å². The third kappa shape index (κ3) is 0.717. The van der Waals surface area contributed by atoms with Gasteiger partial charge in [0.1, 0.15) is 5.78 Å². The van der Waals surface area contributed by atoms with E-state index in [1.54, 1.807) is 0 Å². The van der Waals surface area contributed by atoms with Crippen LogP contribution in [0.3, 0.4) is 0 Å². The number of nitrogens with one attached hydrogen (secondary N) is 1. The number of hydrogen-bond acceptors (Lipinski definition) is 2. The first-order valence-electron chi connectivity index (χ1n) is 4.02. The van der Waals surface area contributed by atoms with E-state index >= 15 is 0 Å². The second kappa shape index (κ2) is 2.06. The highest BCUT2D eigenvalue weighted by atomic mass is 16.1. The van der Waals surface area contributed by atoms with Gasteiger partial charge in [-0.25, -0.2) is 0 Å². The highest BCUT2D eigenvalue weighted by Gasteiger charge is 2.41. The van der Waals surface area contributed by atoms with Crippen LogP contribution in [0.25, 0.3) is 0 Å². The number of carbonyl (C=O) groups excluding carboxylic acids is 1. The summed E-state index contributed by atoms with van der Waals surface area (Å²) in [6.07, 6.45) is 0.832. The molecule has 3 atom stereocenters. The van der Waals surface area contributed by atoms with E-state index in [0.717, 1.165) is 19.5 Å². The smallest absolute Gasteiger partial charge is 0.136 e. The van der Waals surface area contributed by atoms with Gasteiger partial charge in [-0.05, 0) is 24.9 Å². The summed E-state index contributed by atoms with van der Waals surface area (Å²) in [4.78, 5) is 11.2. The van der Waals surface area contributed by atoms with Gasteiger partial charge in [0, 0.05) is 12.3 Å². The molecule has 0 spiro atoms. The lowest BCUT2D eigenvalue weighted by atomic mass is 9.94. The molecular formula is C8H13NO. The zero-order valence-corrected chi connectivity index (χ0v) is 6.26. The molecule has 10 heavy (non-hydrogen) atoms. The van der Waals surface area contributed by atoms with Gasteiger partial charge in [0.25, 0.3) is 0 Å². The fraction of sp³-hybridized carbons (Fsp3) is 0.875. The first kappa shape index (κ1) is 6.35. The summed E-state index contributed by atoms with van der Waals surface area (Å²) in [5.74, 6) is 2.14. The van der Waals surface area contributed by atoms with E-state index in [4.69, 9.17) is 0 Å². The van der Waals surface area contributed by atoms with Crippen LogP contribution >= 0.6 is 0 Å². The van der Waals surface area contributed by atoms with Crippen LogP contribution in [0.1, 0.15) is 13.3 Å². The monoisotopic (exact) mass is 139 g/mol. The average molecular weight is 139 g/mol. The zero-order chi connectivity index (χ0) is 7.14. The molecule has 2 aliphatic rings. The molecule has 2 rings (SSSR count). The van der Waals surface area contributed by atoms with Gasteiger partial charge in [0.05, 0.1) is 0 Å². The molecule has 1 N–H and O–H groups in total. The van der Waals surface area contributed by atoms with E-state index < -0.39 is 0 Å². The Kier molecular flexibility index (Phi) is 1.31. The van der Waals surface area contributed by atoms with Crippen LogP contribution in [0.15, 0.2) is 0 Å². The third-order valence-electron chi connectivity index (χ3n) is 3.01. The minimum absolute atomic E-state index is 0.333. The Balaban J connectivity index is 2.16. The lowest BCUT2D eigenvalue weighted by Crippen LogP contribution is -2.17. The topological polar surface area (TPSA) is 29.1 Å². The molecule has 0 aromatic carbocycles. The van der Waals surface area contributed by atoms with Crippen LogP contribution < -0.4 is 5.32 Å². The molecule has 1 aliphatic heterocycles. The predicted molar refractivity (Wildman–Crippen MR) is 38.6 cm³/mol. The molecule has 0 amide bonds. The van der Waals surface area contributed by atoms with Crippen molar-refractivity contribution in [3.8, 4) is 0 Å². The fourth-order valence-electron chi connectivity index (χ4n) is 2.25. The van der Waals surface area contributed by atoms with Gasteiger partial charge in [-0.15, -0.1) is 0 Å². The summed E-state index contributed by atoms with van der Waals surface area (Å²) < 4.78 is 0. The van der Waals surface area contributed by atoms with Crippen LogP contribution in [0.2, 0.25) is 0 Å².